The first-order chi connectivity index (χ1) is 11.8. The molecular formula is C17H18Cl2N2O3S. The van der Waals surface area contributed by atoms with Crippen molar-refractivity contribution in [2.75, 3.05) is 11.9 Å². The summed E-state index contributed by atoms with van der Waals surface area (Å²) < 4.78 is 26.8. The van der Waals surface area contributed by atoms with Crippen molar-refractivity contribution in [3.05, 3.63) is 58.1 Å². The second-order valence-corrected chi connectivity index (χ2v) is 7.96. The Morgan fingerprint density at radius 3 is 2.36 bits per heavy atom. The van der Waals surface area contributed by atoms with E-state index in [2.05, 4.69) is 10.0 Å². The molecule has 0 spiro atoms. The highest BCUT2D eigenvalue weighted by Crippen LogP contribution is 2.22. The molecule has 0 aliphatic rings. The number of rotatable bonds is 7. The van der Waals surface area contributed by atoms with E-state index in [1.807, 2.05) is 6.92 Å². The molecule has 8 heteroatoms. The van der Waals surface area contributed by atoms with Gasteiger partial charge in [-0.05, 0) is 48.9 Å². The molecule has 134 valence electrons. The van der Waals surface area contributed by atoms with Crippen LogP contribution in [0.25, 0.3) is 0 Å². The minimum atomic E-state index is -3.54. The normalized spacial score (nSPS) is 11.3. The van der Waals surface area contributed by atoms with Crippen molar-refractivity contribution < 1.29 is 13.2 Å². The average Bonchev–Trinajstić information content (AvgIpc) is 2.55. The third kappa shape index (κ3) is 5.44. The van der Waals surface area contributed by atoms with Crippen molar-refractivity contribution in [1.29, 1.82) is 0 Å². The van der Waals surface area contributed by atoms with E-state index >= 15 is 0 Å². The Morgan fingerprint density at radius 2 is 1.76 bits per heavy atom. The molecule has 0 aliphatic heterocycles. The first kappa shape index (κ1) is 19.7. The quantitative estimate of drug-likeness (QED) is 0.679. The van der Waals surface area contributed by atoms with Crippen LogP contribution in [0.1, 0.15) is 30.1 Å². The molecular weight excluding hydrogens is 383 g/mol. The molecule has 2 N–H and O–H groups in total. The number of benzene rings is 2. The summed E-state index contributed by atoms with van der Waals surface area (Å²) in [6.45, 7) is 2.38. The second-order valence-electron chi connectivity index (χ2n) is 5.35. The van der Waals surface area contributed by atoms with Crippen LogP contribution in [-0.4, -0.2) is 20.9 Å². The number of hydrogen-bond donors (Lipinski definition) is 2. The lowest BCUT2D eigenvalue weighted by Gasteiger charge is -2.09. The van der Waals surface area contributed by atoms with Crippen LogP contribution < -0.4 is 10.0 Å². The fourth-order valence-electron chi connectivity index (χ4n) is 2.06. The molecule has 25 heavy (non-hydrogen) atoms. The molecule has 0 heterocycles. The van der Waals surface area contributed by atoms with Gasteiger partial charge in [0.2, 0.25) is 10.0 Å². The van der Waals surface area contributed by atoms with Gasteiger partial charge in [0.15, 0.2) is 0 Å². The summed E-state index contributed by atoms with van der Waals surface area (Å²) in [5, 5.41) is 3.34. The van der Waals surface area contributed by atoms with Gasteiger partial charge in [0.05, 0.1) is 15.5 Å². The topological polar surface area (TPSA) is 75.3 Å². The van der Waals surface area contributed by atoms with Gasteiger partial charge in [0, 0.05) is 17.3 Å². The maximum absolute atomic E-state index is 12.2. The molecule has 0 atom stereocenters. The van der Waals surface area contributed by atoms with Crippen LogP contribution in [0.15, 0.2) is 47.4 Å². The van der Waals surface area contributed by atoms with E-state index < -0.39 is 15.9 Å². The van der Waals surface area contributed by atoms with Crippen LogP contribution in [0, 0.1) is 0 Å². The Labute approximate surface area is 157 Å². The highest BCUT2D eigenvalue weighted by molar-refractivity contribution is 7.89. The molecule has 5 nitrogen and oxygen atoms in total. The molecule has 0 aromatic heterocycles. The van der Waals surface area contributed by atoms with Crippen LogP contribution in [-0.2, 0) is 10.0 Å². The maximum atomic E-state index is 12.2. The lowest BCUT2D eigenvalue weighted by Crippen LogP contribution is -2.24. The molecule has 0 saturated heterocycles. The monoisotopic (exact) mass is 400 g/mol. The smallest absolute Gasteiger partial charge is 0.257 e. The lowest BCUT2D eigenvalue weighted by molar-refractivity contribution is 0.102. The standard InChI is InChI=1S/C17H18Cl2N2O3S/c1-2-3-10-20-25(23,24)14-7-5-13(6-8-14)21-17(22)15-9-4-12(18)11-16(15)19/h4-9,11,20H,2-3,10H2,1H3,(H,21,22). The molecule has 0 fully saturated rings. The van der Waals surface area contributed by atoms with E-state index in [1.54, 1.807) is 6.07 Å². The Balaban J connectivity index is 2.08. The van der Waals surface area contributed by atoms with Gasteiger partial charge in [-0.15, -0.1) is 0 Å². The largest absolute Gasteiger partial charge is 0.322 e. The number of carbonyl (C=O) groups is 1. The molecule has 1 amide bonds. The summed E-state index contributed by atoms with van der Waals surface area (Å²) in [6, 6.07) is 10.5. The number of halogens is 2. The Kier molecular flexibility index (Phi) is 6.84. The van der Waals surface area contributed by atoms with Gasteiger partial charge in [0.1, 0.15) is 0 Å². The first-order valence-corrected chi connectivity index (χ1v) is 9.93. The molecule has 2 rings (SSSR count). The number of carbonyl (C=O) groups excluding carboxylic acids is 1. The zero-order valence-electron chi connectivity index (χ0n) is 13.6. The summed E-state index contributed by atoms with van der Waals surface area (Å²) in [4.78, 5) is 12.4. The minimum absolute atomic E-state index is 0.145. The van der Waals surface area contributed by atoms with Gasteiger partial charge in [-0.2, -0.15) is 0 Å². The summed E-state index contributed by atoms with van der Waals surface area (Å²) >= 11 is 11.8. The highest BCUT2D eigenvalue weighted by Gasteiger charge is 2.14. The first-order valence-electron chi connectivity index (χ1n) is 7.69. The van der Waals surface area contributed by atoms with Gasteiger partial charge in [-0.3, -0.25) is 4.79 Å². The fraction of sp³-hybridized carbons (Fsp3) is 0.235. The average molecular weight is 401 g/mol. The third-order valence-electron chi connectivity index (χ3n) is 3.42. The predicted octanol–water partition coefficient (Wildman–Crippen LogP) is 4.32. The highest BCUT2D eigenvalue weighted by atomic mass is 35.5. The zero-order valence-corrected chi connectivity index (χ0v) is 15.9. The van der Waals surface area contributed by atoms with Crippen molar-refractivity contribution in [2.24, 2.45) is 0 Å². The van der Waals surface area contributed by atoms with Crippen molar-refractivity contribution in [1.82, 2.24) is 4.72 Å². The van der Waals surface area contributed by atoms with Gasteiger partial charge >= 0.3 is 0 Å². The van der Waals surface area contributed by atoms with Crippen LogP contribution in [0.2, 0.25) is 10.0 Å². The van der Waals surface area contributed by atoms with E-state index in [0.717, 1.165) is 12.8 Å². The summed E-state index contributed by atoms with van der Waals surface area (Å²) in [5.74, 6) is -0.404. The van der Waals surface area contributed by atoms with Gasteiger partial charge < -0.3 is 5.32 Å². The number of amides is 1. The predicted molar refractivity (Wildman–Crippen MR) is 101 cm³/mol. The zero-order chi connectivity index (χ0) is 18.4. The second kappa shape index (κ2) is 8.67. The molecule has 0 aliphatic carbocycles. The van der Waals surface area contributed by atoms with Crippen LogP contribution in [0.5, 0.6) is 0 Å². The molecule has 0 saturated carbocycles. The van der Waals surface area contributed by atoms with Crippen molar-refractivity contribution in [3.63, 3.8) is 0 Å². The van der Waals surface area contributed by atoms with E-state index in [1.165, 1.54) is 36.4 Å². The van der Waals surface area contributed by atoms with Gasteiger partial charge in [-0.1, -0.05) is 36.5 Å². The Hall–Kier alpha value is -1.60. The van der Waals surface area contributed by atoms with Crippen LogP contribution >= 0.6 is 23.2 Å². The van der Waals surface area contributed by atoms with Gasteiger partial charge in [-0.25, -0.2) is 13.1 Å². The third-order valence-corrected chi connectivity index (χ3v) is 5.45. The number of unbranched alkanes of at least 4 members (excludes halogenated alkanes) is 1. The molecule has 0 radical (unpaired) electrons. The number of nitrogens with one attached hydrogen (secondary N) is 2. The molecule has 2 aromatic rings. The fourth-order valence-corrected chi connectivity index (χ4v) is 3.62. The Bertz CT molecular complexity index is 853. The molecule has 0 unspecified atom stereocenters. The Morgan fingerprint density at radius 1 is 1.08 bits per heavy atom. The molecule has 0 bridgehead atoms. The van der Waals surface area contributed by atoms with Crippen molar-refractivity contribution in [2.45, 2.75) is 24.7 Å². The van der Waals surface area contributed by atoms with Crippen LogP contribution in [0.3, 0.4) is 0 Å². The lowest BCUT2D eigenvalue weighted by atomic mass is 10.2. The van der Waals surface area contributed by atoms with Crippen molar-refractivity contribution in [3.8, 4) is 0 Å². The maximum Gasteiger partial charge on any atom is 0.257 e. The van der Waals surface area contributed by atoms with E-state index in [0.29, 0.717) is 17.3 Å². The molecule has 2 aromatic carbocycles. The SMILES string of the molecule is CCCCNS(=O)(=O)c1ccc(NC(=O)c2ccc(Cl)cc2Cl)cc1. The number of hydrogen-bond acceptors (Lipinski definition) is 3. The summed E-state index contributed by atoms with van der Waals surface area (Å²) in [5.41, 5.74) is 0.743. The van der Waals surface area contributed by atoms with E-state index in [4.69, 9.17) is 23.2 Å². The number of sulfonamides is 1. The summed E-state index contributed by atoms with van der Waals surface area (Å²) in [6.07, 6.45) is 1.68. The van der Waals surface area contributed by atoms with Gasteiger partial charge in [0.25, 0.3) is 5.91 Å². The summed E-state index contributed by atoms with van der Waals surface area (Å²) in [7, 11) is -3.54. The minimum Gasteiger partial charge on any atom is -0.322 e. The number of anilines is 1. The van der Waals surface area contributed by atoms with E-state index in [-0.39, 0.29) is 15.5 Å². The van der Waals surface area contributed by atoms with E-state index in [9.17, 15) is 13.2 Å². The van der Waals surface area contributed by atoms with Crippen molar-refractivity contribution >= 4 is 44.8 Å². The van der Waals surface area contributed by atoms with Crippen LogP contribution in [0.4, 0.5) is 5.69 Å².